The summed E-state index contributed by atoms with van der Waals surface area (Å²) in [6.45, 7) is 6.34. The van der Waals surface area contributed by atoms with Gasteiger partial charge in [0.15, 0.2) is 0 Å². The fourth-order valence-electron chi connectivity index (χ4n) is 3.23. The van der Waals surface area contributed by atoms with Crippen LogP contribution in [0.1, 0.15) is 64.0 Å². The summed E-state index contributed by atoms with van der Waals surface area (Å²) >= 11 is 0. The second-order valence-electron chi connectivity index (χ2n) is 8.24. The molecular formula is C21H26F3N3O. The van der Waals surface area contributed by atoms with E-state index in [1.54, 1.807) is 0 Å². The number of halogens is 3. The van der Waals surface area contributed by atoms with Gasteiger partial charge in [-0.25, -0.2) is 4.98 Å². The molecule has 7 heteroatoms. The summed E-state index contributed by atoms with van der Waals surface area (Å²) < 4.78 is 45.7. The number of aromatic nitrogens is 2. The molecule has 1 saturated carbocycles. The summed E-state index contributed by atoms with van der Waals surface area (Å²) in [7, 11) is 0. The molecule has 152 valence electrons. The average Bonchev–Trinajstić information content (AvgIpc) is 2.61. The Morgan fingerprint density at radius 1 is 1.00 bits per heavy atom. The van der Waals surface area contributed by atoms with Gasteiger partial charge < -0.3 is 10.1 Å². The zero-order chi connectivity index (χ0) is 20.4. The van der Waals surface area contributed by atoms with Crippen molar-refractivity contribution in [1.29, 1.82) is 0 Å². The number of nitrogens with zero attached hydrogens (tertiary/aromatic N) is 2. The summed E-state index contributed by atoms with van der Waals surface area (Å²) in [4.78, 5) is 7.88. The number of ether oxygens (including phenoxy) is 1. The van der Waals surface area contributed by atoms with Crippen molar-refractivity contribution >= 4 is 11.6 Å². The van der Waals surface area contributed by atoms with Crippen LogP contribution in [0.5, 0.6) is 5.88 Å². The summed E-state index contributed by atoms with van der Waals surface area (Å²) in [6, 6.07) is 7.68. The van der Waals surface area contributed by atoms with Crippen LogP contribution < -0.4 is 10.1 Å². The molecule has 28 heavy (non-hydrogen) atoms. The number of rotatable bonds is 4. The summed E-state index contributed by atoms with van der Waals surface area (Å²) in [5, 5.41) is 2.97. The van der Waals surface area contributed by atoms with E-state index in [4.69, 9.17) is 4.74 Å². The lowest BCUT2D eigenvalue weighted by atomic mass is 9.87. The van der Waals surface area contributed by atoms with Crippen LogP contribution in [0, 0.1) is 0 Å². The predicted molar refractivity (Wildman–Crippen MR) is 103 cm³/mol. The molecule has 3 rings (SSSR count). The van der Waals surface area contributed by atoms with Gasteiger partial charge in [0, 0.05) is 11.9 Å². The number of hydrogen-bond acceptors (Lipinski definition) is 4. The highest BCUT2D eigenvalue weighted by atomic mass is 19.4. The first-order valence-corrected chi connectivity index (χ1v) is 9.61. The molecule has 0 atom stereocenters. The van der Waals surface area contributed by atoms with E-state index in [-0.39, 0.29) is 17.5 Å². The van der Waals surface area contributed by atoms with Gasteiger partial charge in [-0.1, -0.05) is 39.3 Å². The zero-order valence-corrected chi connectivity index (χ0v) is 16.4. The summed E-state index contributed by atoms with van der Waals surface area (Å²) in [6.07, 6.45) is 0.506. The zero-order valence-electron chi connectivity index (χ0n) is 16.4. The smallest absolute Gasteiger partial charge is 0.423 e. The fourth-order valence-corrected chi connectivity index (χ4v) is 3.23. The van der Waals surface area contributed by atoms with Gasteiger partial charge in [0.25, 0.3) is 0 Å². The second-order valence-corrected chi connectivity index (χ2v) is 8.24. The summed E-state index contributed by atoms with van der Waals surface area (Å²) in [5.41, 5.74) is 0.945. The lowest BCUT2D eigenvalue weighted by Crippen LogP contribution is -2.22. The van der Waals surface area contributed by atoms with Gasteiger partial charge in [0.2, 0.25) is 11.8 Å². The van der Waals surface area contributed by atoms with Crippen LogP contribution in [0.15, 0.2) is 30.5 Å². The average molecular weight is 393 g/mol. The van der Waals surface area contributed by atoms with Gasteiger partial charge in [-0.05, 0) is 48.8 Å². The van der Waals surface area contributed by atoms with Crippen LogP contribution in [0.3, 0.4) is 0 Å². The Labute approximate surface area is 163 Å². The Morgan fingerprint density at radius 2 is 1.64 bits per heavy atom. The number of nitrogens with one attached hydrogen (secondary N) is 1. The van der Waals surface area contributed by atoms with Crippen LogP contribution in [0.4, 0.5) is 24.8 Å². The molecule has 1 heterocycles. The first-order valence-electron chi connectivity index (χ1n) is 9.61. The molecular weight excluding hydrogens is 367 g/mol. The molecule has 0 radical (unpaired) electrons. The molecule has 1 N–H and O–H groups in total. The summed E-state index contributed by atoms with van der Waals surface area (Å²) in [5.74, 6) is -0.314. The minimum Gasteiger partial charge on any atom is -0.474 e. The monoisotopic (exact) mass is 393 g/mol. The Kier molecular flexibility index (Phi) is 5.82. The molecule has 4 nitrogen and oxygen atoms in total. The SMILES string of the molecule is CC(C)(C)c1ccc(Nc2ncc(C(F)(F)F)c(OC3CCCCC3)n2)cc1. The molecule has 0 aliphatic heterocycles. The first kappa shape index (κ1) is 20.4. The molecule has 0 spiro atoms. The lowest BCUT2D eigenvalue weighted by molar-refractivity contribution is -0.140. The third kappa shape index (κ3) is 5.14. The minimum atomic E-state index is -4.56. The molecule has 1 fully saturated rings. The normalized spacial score (nSPS) is 16.1. The Balaban J connectivity index is 1.82. The van der Waals surface area contributed by atoms with E-state index in [2.05, 4.69) is 36.1 Å². The minimum absolute atomic E-state index is 0.0182. The number of alkyl halides is 3. The van der Waals surface area contributed by atoms with Crippen molar-refractivity contribution in [3.8, 4) is 5.88 Å². The Hall–Kier alpha value is -2.31. The van der Waals surface area contributed by atoms with Gasteiger partial charge in [-0.2, -0.15) is 18.2 Å². The highest BCUT2D eigenvalue weighted by Gasteiger charge is 2.37. The van der Waals surface area contributed by atoms with Crippen molar-refractivity contribution in [2.45, 2.75) is 70.6 Å². The van der Waals surface area contributed by atoms with E-state index < -0.39 is 17.6 Å². The number of benzene rings is 1. The van der Waals surface area contributed by atoms with Gasteiger partial charge >= 0.3 is 6.18 Å². The highest BCUT2D eigenvalue weighted by Crippen LogP contribution is 2.37. The molecule has 1 aliphatic rings. The van der Waals surface area contributed by atoms with Gasteiger partial charge in [0.05, 0.1) is 0 Å². The lowest BCUT2D eigenvalue weighted by Gasteiger charge is -2.24. The van der Waals surface area contributed by atoms with Gasteiger partial charge in [-0.3, -0.25) is 0 Å². The third-order valence-corrected chi connectivity index (χ3v) is 4.90. The van der Waals surface area contributed by atoms with E-state index in [0.29, 0.717) is 5.69 Å². The van der Waals surface area contributed by atoms with E-state index >= 15 is 0 Å². The van der Waals surface area contributed by atoms with Crippen molar-refractivity contribution in [3.63, 3.8) is 0 Å². The second kappa shape index (κ2) is 7.97. The first-order chi connectivity index (χ1) is 13.1. The van der Waals surface area contributed by atoms with Crippen LogP contribution in [-0.4, -0.2) is 16.1 Å². The molecule has 0 amide bonds. The van der Waals surface area contributed by atoms with Gasteiger partial charge in [-0.15, -0.1) is 0 Å². The maximum Gasteiger partial charge on any atom is 0.423 e. The third-order valence-electron chi connectivity index (χ3n) is 4.90. The van der Waals surface area contributed by atoms with Crippen LogP contribution >= 0.6 is 0 Å². The fraction of sp³-hybridized carbons (Fsp3) is 0.524. The predicted octanol–water partition coefficient (Wildman–Crippen LogP) is 6.25. The molecule has 0 bridgehead atoms. The van der Waals surface area contributed by atoms with Crippen molar-refractivity contribution in [2.75, 3.05) is 5.32 Å². The van der Waals surface area contributed by atoms with Crippen molar-refractivity contribution < 1.29 is 17.9 Å². The quantitative estimate of drug-likeness (QED) is 0.667. The van der Waals surface area contributed by atoms with Crippen molar-refractivity contribution in [2.24, 2.45) is 0 Å². The van der Waals surface area contributed by atoms with E-state index in [1.165, 1.54) is 0 Å². The number of anilines is 2. The van der Waals surface area contributed by atoms with Crippen LogP contribution in [-0.2, 0) is 11.6 Å². The van der Waals surface area contributed by atoms with E-state index in [9.17, 15) is 13.2 Å². The maximum absolute atomic E-state index is 13.3. The van der Waals surface area contributed by atoms with E-state index in [0.717, 1.165) is 43.9 Å². The molecule has 0 unspecified atom stereocenters. The van der Waals surface area contributed by atoms with Crippen LogP contribution in [0.2, 0.25) is 0 Å². The van der Waals surface area contributed by atoms with Crippen molar-refractivity contribution in [1.82, 2.24) is 9.97 Å². The van der Waals surface area contributed by atoms with Crippen molar-refractivity contribution in [3.05, 3.63) is 41.6 Å². The van der Waals surface area contributed by atoms with E-state index in [1.807, 2.05) is 24.3 Å². The topological polar surface area (TPSA) is 47.0 Å². The Bertz CT molecular complexity index is 792. The molecule has 0 saturated heterocycles. The number of hydrogen-bond donors (Lipinski definition) is 1. The van der Waals surface area contributed by atoms with Gasteiger partial charge in [0.1, 0.15) is 11.7 Å². The maximum atomic E-state index is 13.3. The molecule has 1 aromatic heterocycles. The molecule has 1 aliphatic carbocycles. The van der Waals surface area contributed by atoms with Crippen LogP contribution in [0.25, 0.3) is 0 Å². The largest absolute Gasteiger partial charge is 0.474 e. The Morgan fingerprint density at radius 3 is 2.21 bits per heavy atom. The molecule has 2 aromatic rings. The standard InChI is InChI=1S/C21H26F3N3O/c1-20(2,3)14-9-11-15(12-10-14)26-19-25-13-17(21(22,23)24)18(27-19)28-16-7-5-4-6-8-16/h9-13,16H,4-8H2,1-3H3,(H,25,26,27). The molecule has 1 aromatic carbocycles. The highest BCUT2D eigenvalue weighted by molar-refractivity contribution is 5.55.